The number of carbonyl (C=O) groups is 1. The Labute approximate surface area is 123 Å². The molecular weight excluding hydrogens is 266 g/mol. The minimum Gasteiger partial charge on any atom is -0.384 e. The van der Waals surface area contributed by atoms with Crippen molar-refractivity contribution in [3.05, 3.63) is 52.8 Å². The maximum Gasteiger partial charge on any atom is 0.251 e. The number of nitrogens with one attached hydrogen (secondary N) is 2. The summed E-state index contributed by atoms with van der Waals surface area (Å²) in [5, 5.41) is 18.2. The van der Waals surface area contributed by atoms with Crippen LogP contribution in [0.3, 0.4) is 0 Å². The van der Waals surface area contributed by atoms with Crippen LogP contribution in [-0.4, -0.2) is 27.8 Å². The van der Waals surface area contributed by atoms with Gasteiger partial charge in [-0.05, 0) is 31.5 Å². The van der Waals surface area contributed by atoms with Gasteiger partial charge in [-0.15, -0.1) is 0 Å². The summed E-state index contributed by atoms with van der Waals surface area (Å²) in [5.74, 6) is 5.27. The van der Waals surface area contributed by atoms with Crippen LogP contribution in [0.4, 0.5) is 0 Å². The molecule has 5 heteroatoms. The van der Waals surface area contributed by atoms with Gasteiger partial charge in [0.15, 0.2) is 0 Å². The van der Waals surface area contributed by atoms with E-state index < -0.39 is 0 Å². The summed E-state index contributed by atoms with van der Waals surface area (Å²) in [5.41, 5.74) is 3.16. The molecule has 1 unspecified atom stereocenters. The Bertz CT molecular complexity index is 681. The summed E-state index contributed by atoms with van der Waals surface area (Å²) in [4.78, 5) is 12.2. The third-order valence-corrected chi connectivity index (χ3v) is 3.17. The highest BCUT2D eigenvalue weighted by Crippen LogP contribution is 2.13. The molecule has 0 aliphatic rings. The van der Waals surface area contributed by atoms with Crippen molar-refractivity contribution in [1.29, 1.82) is 0 Å². The van der Waals surface area contributed by atoms with Crippen LogP contribution < -0.4 is 5.32 Å². The van der Waals surface area contributed by atoms with Crippen molar-refractivity contribution in [3.63, 3.8) is 0 Å². The molecule has 0 spiro atoms. The fourth-order valence-corrected chi connectivity index (χ4v) is 1.89. The number of hydrogen-bond acceptors (Lipinski definition) is 3. The van der Waals surface area contributed by atoms with Crippen molar-refractivity contribution in [3.8, 4) is 11.8 Å². The molecule has 1 amide bonds. The van der Waals surface area contributed by atoms with Gasteiger partial charge in [0.25, 0.3) is 5.91 Å². The molecule has 0 radical (unpaired) electrons. The third-order valence-electron chi connectivity index (χ3n) is 3.17. The van der Waals surface area contributed by atoms with Crippen molar-refractivity contribution < 1.29 is 9.90 Å². The number of carbonyl (C=O) groups excluding carboxylic acids is 1. The smallest absolute Gasteiger partial charge is 0.251 e. The Hall–Kier alpha value is -2.58. The van der Waals surface area contributed by atoms with Gasteiger partial charge in [0.1, 0.15) is 6.61 Å². The van der Waals surface area contributed by atoms with Gasteiger partial charge in [0.2, 0.25) is 0 Å². The van der Waals surface area contributed by atoms with Crippen molar-refractivity contribution in [2.45, 2.75) is 19.9 Å². The topological polar surface area (TPSA) is 78.0 Å². The summed E-state index contributed by atoms with van der Waals surface area (Å²) >= 11 is 0. The summed E-state index contributed by atoms with van der Waals surface area (Å²) in [6, 6.07) is 5.20. The first-order valence-electron chi connectivity index (χ1n) is 6.61. The molecule has 5 nitrogen and oxygen atoms in total. The lowest BCUT2D eigenvalue weighted by Gasteiger charge is -2.12. The highest BCUT2D eigenvalue weighted by atomic mass is 16.2. The first-order chi connectivity index (χ1) is 10.1. The monoisotopic (exact) mass is 283 g/mol. The fourth-order valence-electron chi connectivity index (χ4n) is 1.89. The Morgan fingerprint density at radius 1 is 1.52 bits per heavy atom. The highest BCUT2D eigenvalue weighted by molar-refractivity contribution is 5.94. The number of H-pyrrole nitrogens is 1. The van der Waals surface area contributed by atoms with E-state index in [-0.39, 0.29) is 18.6 Å². The number of aryl methyl sites for hydroxylation is 1. The van der Waals surface area contributed by atoms with Crippen molar-refractivity contribution >= 4 is 5.91 Å². The third kappa shape index (κ3) is 3.71. The van der Waals surface area contributed by atoms with Gasteiger partial charge in [0, 0.05) is 22.9 Å². The minimum atomic E-state index is -0.201. The van der Waals surface area contributed by atoms with Crippen molar-refractivity contribution in [2.75, 3.05) is 6.61 Å². The standard InChI is InChI=1S/C16H17N3O2/c1-11-5-6-14(8-13(11)4-3-7-20)16(21)19-12(2)15-9-17-18-10-15/h5-6,8-10,12,20H,7H2,1-2H3,(H,17,18)(H,19,21). The minimum absolute atomic E-state index is 0.135. The molecule has 0 saturated heterocycles. The second-order valence-corrected chi connectivity index (χ2v) is 4.72. The molecule has 3 N–H and O–H groups in total. The zero-order valence-corrected chi connectivity index (χ0v) is 12.0. The van der Waals surface area contributed by atoms with Gasteiger partial charge in [-0.3, -0.25) is 9.89 Å². The SMILES string of the molecule is Cc1ccc(C(=O)NC(C)c2cn[nH]c2)cc1C#CCO. The Kier molecular flexibility index (Phi) is 4.75. The highest BCUT2D eigenvalue weighted by Gasteiger charge is 2.12. The maximum atomic E-state index is 12.2. The zero-order chi connectivity index (χ0) is 15.2. The van der Waals surface area contributed by atoms with E-state index in [0.29, 0.717) is 5.56 Å². The van der Waals surface area contributed by atoms with Gasteiger partial charge in [0.05, 0.1) is 12.2 Å². The molecule has 108 valence electrons. The normalized spacial score (nSPS) is 11.4. The lowest BCUT2D eigenvalue weighted by Crippen LogP contribution is -2.26. The van der Waals surface area contributed by atoms with E-state index in [0.717, 1.165) is 16.7 Å². The molecule has 1 atom stereocenters. The predicted molar refractivity (Wildman–Crippen MR) is 79.6 cm³/mol. The average Bonchev–Trinajstić information content (AvgIpc) is 3.00. The van der Waals surface area contributed by atoms with Crippen LogP contribution in [0.1, 0.15) is 40.0 Å². The molecule has 0 saturated carbocycles. The molecule has 1 heterocycles. The number of aromatic amines is 1. The number of nitrogens with zero attached hydrogens (tertiary/aromatic N) is 1. The van der Waals surface area contributed by atoms with Crippen LogP contribution in [0, 0.1) is 18.8 Å². The first-order valence-corrected chi connectivity index (χ1v) is 6.61. The number of rotatable bonds is 3. The van der Waals surface area contributed by atoms with Gasteiger partial charge in [-0.25, -0.2) is 0 Å². The van der Waals surface area contributed by atoms with E-state index >= 15 is 0 Å². The number of aromatic nitrogens is 2. The molecular formula is C16H17N3O2. The van der Waals surface area contributed by atoms with Gasteiger partial charge in [-0.2, -0.15) is 5.10 Å². The predicted octanol–water partition coefficient (Wildman–Crippen LogP) is 1.55. The summed E-state index contributed by atoms with van der Waals surface area (Å²) in [6.45, 7) is 3.61. The number of aliphatic hydroxyl groups is 1. The maximum absolute atomic E-state index is 12.2. The van der Waals surface area contributed by atoms with Crippen LogP contribution in [0.15, 0.2) is 30.6 Å². The quantitative estimate of drug-likeness (QED) is 0.748. The number of hydrogen-bond donors (Lipinski definition) is 3. The van der Waals surface area contributed by atoms with Crippen LogP contribution in [0.5, 0.6) is 0 Å². The van der Waals surface area contributed by atoms with Crippen molar-refractivity contribution in [2.24, 2.45) is 0 Å². The molecule has 1 aromatic heterocycles. The van der Waals surface area contributed by atoms with Crippen LogP contribution in [0.25, 0.3) is 0 Å². The van der Waals surface area contributed by atoms with Crippen LogP contribution in [-0.2, 0) is 0 Å². The molecule has 0 aliphatic carbocycles. The Morgan fingerprint density at radius 3 is 3.00 bits per heavy atom. The largest absolute Gasteiger partial charge is 0.384 e. The number of benzene rings is 1. The van der Waals surface area contributed by atoms with Crippen molar-refractivity contribution in [1.82, 2.24) is 15.5 Å². The second-order valence-electron chi connectivity index (χ2n) is 4.72. The zero-order valence-electron chi connectivity index (χ0n) is 12.0. The molecule has 2 rings (SSSR count). The average molecular weight is 283 g/mol. The van der Waals surface area contributed by atoms with Crippen LogP contribution in [0.2, 0.25) is 0 Å². The summed E-state index contributed by atoms with van der Waals surface area (Å²) in [7, 11) is 0. The number of amides is 1. The van der Waals surface area contributed by atoms with Crippen LogP contribution >= 0.6 is 0 Å². The fraction of sp³-hybridized carbons (Fsp3) is 0.250. The molecule has 0 fully saturated rings. The molecule has 21 heavy (non-hydrogen) atoms. The Balaban J connectivity index is 2.16. The molecule has 1 aromatic carbocycles. The lowest BCUT2D eigenvalue weighted by atomic mass is 10.0. The van der Waals surface area contributed by atoms with E-state index in [1.165, 1.54) is 0 Å². The van der Waals surface area contributed by atoms with Gasteiger partial charge >= 0.3 is 0 Å². The van der Waals surface area contributed by atoms with Gasteiger partial charge < -0.3 is 10.4 Å². The molecule has 0 aliphatic heterocycles. The van der Waals surface area contributed by atoms with E-state index in [1.807, 2.05) is 19.9 Å². The van der Waals surface area contributed by atoms with E-state index in [4.69, 9.17) is 5.11 Å². The van der Waals surface area contributed by atoms with E-state index in [1.54, 1.807) is 24.5 Å². The molecule has 2 aromatic rings. The second kappa shape index (κ2) is 6.73. The van der Waals surface area contributed by atoms with E-state index in [2.05, 4.69) is 27.4 Å². The summed E-state index contributed by atoms with van der Waals surface area (Å²) in [6.07, 6.45) is 3.43. The Morgan fingerprint density at radius 2 is 2.33 bits per heavy atom. The lowest BCUT2D eigenvalue weighted by molar-refractivity contribution is 0.0940. The molecule has 0 bridgehead atoms. The number of aliphatic hydroxyl groups excluding tert-OH is 1. The summed E-state index contributed by atoms with van der Waals surface area (Å²) < 4.78 is 0. The van der Waals surface area contributed by atoms with E-state index in [9.17, 15) is 4.79 Å². The first kappa shape index (κ1) is 14.8. The van der Waals surface area contributed by atoms with Gasteiger partial charge in [-0.1, -0.05) is 17.9 Å².